The second kappa shape index (κ2) is 5.07. The minimum Gasteiger partial charge on any atom is -0.479 e. The Labute approximate surface area is 95.0 Å². The van der Waals surface area contributed by atoms with Crippen molar-refractivity contribution in [1.29, 1.82) is 0 Å². The molecule has 0 radical (unpaired) electrons. The highest BCUT2D eigenvalue weighted by molar-refractivity contribution is 5.66. The van der Waals surface area contributed by atoms with E-state index in [1.807, 2.05) is 6.08 Å². The summed E-state index contributed by atoms with van der Waals surface area (Å²) in [7, 11) is 1.58. The predicted octanol–water partition coefficient (Wildman–Crippen LogP) is 1.80. The highest BCUT2D eigenvalue weighted by Gasteiger charge is 2.15. The third-order valence-electron chi connectivity index (χ3n) is 2.75. The highest BCUT2D eigenvalue weighted by Crippen LogP contribution is 2.29. The lowest BCUT2D eigenvalue weighted by atomic mass is 10.1. The summed E-state index contributed by atoms with van der Waals surface area (Å²) in [6.07, 6.45) is 8.63. The summed E-state index contributed by atoms with van der Waals surface area (Å²) < 4.78 is 5.18. The fraction of sp³-hybridized carbons (Fsp3) is 0.500. The Balaban J connectivity index is 2.34. The number of aliphatic hydroxyl groups is 1. The summed E-state index contributed by atoms with van der Waals surface area (Å²) in [5, 5.41) is 9.72. The Bertz CT molecular complexity index is 390. The lowest BCUT2D eigenvalue weighted by Crippen LogP contribution is -2.02. The van der Waals surface area contributed by atoms with E-state index in [0.29, 0.717) is 5.88 Å². The number of aliphatic hydroxyl groups excluding tert-OH is 1. The summed E-state index contributed by atoms with van der Waals surface area (Å²) in [4.78, 5) is 8.40. The highest BCUT2D eigenvalue weighted by atomic mass is 16.5. The maximum Gasteiger partial charge on any atom is 0.239 e. The number of allylic oxidation sites excluding steroid dienone is 1. The molecule has 0 amide bonds. The van der Waals surface area contributed by atoms with Gasteiger partial charge in [-0.3, -0.25) is 0 Å². The van der Waals surface area contributed by atoms with Gasteiger partial charge in [0, 0.05) is 12.4 Å². The zero-order chi connectivity index (χ0) is 11.4. The molecular weight excluding hydrogens is 204 g/mol. The molecule has 1 aromatic heterocycles. The van der Waals surface area contributed by atoms with Crippen LogP contribution in [0, 0.1) is 0 Å². The number of nitrogens with zero attached hydrogens (tertiary/aromatic N) is 2. The van der Waals surface area contributed by atoms with Gasteiger partial charge in [-0.15, -0.1) is 0 Å². The van der Waals surface area contributed by atoms with Gasteiger partial charge in [0.15, 0.2) is 0 Å². The van der Waals surface area contributed by atoms with E-state index in [9.17, 15) is 5.11 Å². The van der Waals surface area contributed by atoms with Crippen molar-refractivity contribution in [1.82, 2.24) is 9.97 Å². The fourth-order valence-corrected chi connectivity index (χ4v) is 1.96. The van der Waals surface area contributed by atoms with E-state index in [-0.39, 0.29) is 6.10 Å². The Morgan fingerprint density at radius 3 is 2.94 bits per heavy atom. The van der Waals surface area contributed by atoms with Crippen LogP contribution in [0.25, 0.3) is 5.57 Å². The standard InChI is InChI=1S/C12H16N2O2/c1-16-12-11(13-6-7-14-12)9-4-2-3-5-10(15)8-9/h6-8,10,15H,2-5H2,1H3. The van der Waals surface area contributed by atoms with E-state index >= 15 is 0 Å². The molecule has 2 rings (SSSR count). The molecule has 0 aliphatic heterocycles. The van der Waals surface area contributed by atoms with E-state index < -0.39 is 0 Å². The molecule has 1 aliphatic carbocycles. The zero-order valence-corrected chi connectivity index (χ0v) is 9.39. The average Bonchev–Trinajstić information content (AvgIpc) is 2.54. The third kappa shape index (κ3) is 2.39. The molecule has 1 aromatic rings. The van der Waals surface area contributed by atoms with Crippen LogP contribution >= 0.6 is 0 Å². The molecule has 1 unspecified atom stereocenters. The zero-order valence-electron chi connectivity index (χ0n) is 9.39. The van der Waals surface area contributed by atoms with Crippen LogP contribution in [0.2, 0.25) is 0 Å². The van der Waals surface area contributed by atoms with Crippen LogP contribution in [0.5, 0.6) is 5.88 Å². The van der Waals surface area contributed by atoms with Crippen molar-refractivity contribution in [2.45, 2.75) is 31.8 Å². The van der Waals surface area contributed by atoms with E-state index in [4.69, 9.17) is 4.74 Å². The van der Waals surface area contributed by atoms with Crippen molar-refractivity contribution in [3.8, 4) is 5.88 Å². The molecule has 1 heterocycles. The Morgan fingerprint density at radius 2 is 2.12 bits per heavy atom. The molecule has 1 aliphatic rings. The predicted molar refractivity (Wildman–Crippen MR) is 61.0 cm³/mol. The summed E-state index contributed by atoms with van der Waals surface area (Å²) in [5.41, 5.74) is 1.79. The van der Waals surface area contributed by atoms with Gasteiger partial charge in [-0.25, -0.2) is 9.97 Å². The maximum atomic E-state index is 9.72. The van der Waals surface area contributed by atoms with Crippen molar-refractivity contribution < 1.29 is 9.84 Å². The molecule has 1 N–H and O–H groups in total. The summed E-state index contributed by atoms with van der Waals surface area (Å²) in [6.45, 7) is 0. The molecule has 0 fully saturated rings. The molecule has 0 saturated carbocycles. The van der Waals surface area contributed by atoms with Crippen molar-refractivity contribution in [3.63, 3.8) is 0 Å². The molecule has 0 bridgehead atoms. The van der Waals surface area contributed by atoms with Crippen LogP contribution in [-0.2, 0) is 0 Å². The quantitative estimate of drug-likeness (QED) is 0.825. The van der Waals surface area contributed by atoms with Gasteiger partial charge >= 0.3 is 0 Å². The summed E-state index contributed by atoms with van der Waals surface area (Å²) in [6, 6.07) is 0. The van der Waals surface area contributed by atoms with Crippen LogP contribution in [0.3, 0.4) is 0 Å². The third-order valence-corrected chi connectivity index (χ3v) is 2.75. The number of hydrogen-bond donors (Lipinski definition) is 1. The molecule has 4 heteroatoms. The minimum atomic E-state index is -0.371. The van der Waals surface area contributed by atoms with E-state index in [1.165, 1.54) is 0 Å². The number of ether oxygens (including phenoxy) is 1. The lowest BCUT2D eigenvalue weighted by Gasteiger charge is -2.08. The van der Waals surface area contributed by atoms with E-state index in [2.05, 4.69) is 9.97 Å². The first kappa shape index (κ1) is 11.1. The smallest absolute Gasteiger partial charge is 0.239 e. The van der Waals surface area contributed by atoms with Gasteiger partial charge < -0.3 is 9.84 Å². The number of hydrogen-bond acceptors (Lipinski definition) is 4. The van der Waals surface area contributed by atoms with Crippen LogP contribution < -0.4 is 4.74 Å². The van der Waals surface area contributed by atoms with Gasteiger partial charge in [0.2, 0.25) is 5.88 Å². The monoisotopic (exact) mass is 220 g/mol. The first-order valence-electron chi connectivity index (χ1n) is 5.55. The summed E-state index contributed by atoms with van der Waals surface area (Å²) >= 11 is 0. The topological polar surface area (TPSA) is 55.2 Å². The van der Waals surface area contributed by atoms with Gasteiger partial charge in [-0.05, 0) is 24.8 Å². The van der Waals surface area contributed by atoms with Crippen LogP contribution in [-0.4, -0.2) is 28.3 Å². The molecule has 1 atom stereocenters. The molecule has 0 saturated heterocycles. The largest absolute Gasteiger partial charge is 0.479 e. The normalized spacial score (nSPS) is 21.1. The number of rotatable bonds is 2. The minimum absolute atomic E-state index is 0.371. The van der Waals surface area contributed by atoms with Crippen LogP contribution in [0.15, 0.2) is 18.5 Å². The Hall–Kier alpha value is -1.42. The first-order valence-corrected chi connectivity index (χ1v) is 5.55. The second-order valence-corrected chi connectivity index (χ2v) is 3.92. The van der Waals surface area contributed by atoms with Crippen molar-refractivity contribution >= 4 is 5.57 Å². The molecule has 0 aromatic carbocycles. The number of aromatic nitrogens is 2. The van der Waals surface area contributed by atoms with Crippen molar-refractivity contribution in [2.75, 3.05) is 7.11 Å². The number of methoxy groups -OCH3 is 1. The van der Waals surface area contributed by atoms with Gasteiger partial charge in [-0.1, -0.05) is 12.5 Å². The van der Waals surface area contributed by atoms with E-state index in [1.54, 1.807) is 19.5 Å². The Morgan fingerprint density at radius 1 is 1.31 bits per heavy atom. The lowest BCUT2D eigenvalue weighted by molar-refractivity contribution is 0.211. The van der Waals surface area contributed by atoms with Crippen molar-refractivity contribution in [3.05, 3.63) is 24.2 Å². The van der Waals surface area contributed by atoms with Gasteiger partial charge in [0.05, 0.1) is 13.2 Å². The SMILES string of the molecule is COc1nccnc1C1=CC(O)CCCC1. The molecular formula is C12H16N2O2. The first-order chi connectivity index (χ1) is 7.81. The fourth-order valence-electron chi connectivity index (χ4n) is 1.96. The maximum absolute atomic E-state index is 9.72. The van der Waals surface area contributed by atoms with E-state index in [0.717, 1.165) is 37.0 Å². The van der Waals surface area contributed by atoms with Gasteiger partial charge in [0.25, 0.3) is 0 Å². The molecule has 0 spiro atoms. The van der Waals surface area contributed by atoms with Gasteiger partial charge in [-0.2, -0.15) is 0 Å². The molecule has 4 nitrogen and oxygen atoms in total. The second-order valence-electron chi connectivity index (χ2n) is 3.92. The molecule has 86 valence electrons. The Kier molecular flexibility index (Phi) is 3.51. The van der Waals surface area contributed by atoms with Crippen LogP contribution in [0.4, 0.5) is 0 Å². The van der Waals surface area contributed by atoms with Crippen molar-refractivity contribution in [2.24, 2.45) is 0 Å². The van der Waals surface area contributed by atoms with Gasteiger partial charge in [0.1, 0.15) is 5.69 Å². The summed E-state index contributed by atoms with van der Waals surface area (Å²) in [5.74, 6) is 0.530. The molecule has 16 heavy (non-hydrogen) atoms. The van der Waals surface area contributed by atoms with Crippen LogP contribution in [0.1, 0.15) is 31.4 Å². The average molecular weight is 220 g/mol.